The third-order valence-electron chi connectivity index (χ3n) is 4.22. The van der Waals surface area contributed by atoms with Crippen LogP contribution in [-0.2, 0) is 11.2 Å². The van der Waals surface area contributed by atoms with Crippen molar-refractivity contribution in [3.63, 3.8) is 0 Å². The van der Waals surface area contributed by atoms with Crippen molar-refractivity contribution in [3.8, 4) is 5.75 Å². The summed E-state index contributed by atoms with van der Waals surface area (Å²) in [4.78, 5) is 16.3. The predicted octanol–water partition coefficient (Wildman–Crippen LogP) is 1.67. The molecule has 0 unspecified atom stereocenters. The fraction of sp³-hybridized carbons (Fsp3) is 0.471. The Morgan fingerprint density at radius 2 is 1.96 bits per heavy atom. The summed E-state index contributed by atoms with van der Waals surface area (Å²) in [7, 11) is 1.65. The Morgan fingerprint density at radius 1 is 1.21 bits per heavy atom. The Kier molecular flexibility index (Phi) is 4.98. The number of carbonyl (C=O) groups is 1. The molecule has 0 radical (unpaired) electrons. The monoisotopic (exact) mass is 330 g/mol. The highest BCUT2D eigenvalue weighted by Crippen LogP contribution is 2.20. The molecule has 7 heteroatoms. The van der Waals surface area contributed by atoms with E-state index >= 15 is 0 Å². The van der Waals surface area contributed by atoms with Gasteiger partial charge in [-0.3, -0.25) is 4.79 Å². The fourth-order valence-electron chi connectivity index (χ4n) is 2.87. The van der Waals surface area contributed by atoms with Crippen molar-refractivity contribution in [2.24, 2.45) is 0 Å². The molecule has 1 fully saturated rings. The van der Waals surface area contributed by atoms with E-state index in [1.165, 1.54) is 0 Å². The van der Waals surface area contributed by atoms with Crippen molar-refractivity contribution < 1.29 is 13.9 Å². The quantitative estimate of drug-likeness (QED) is 0.830. The van der Waals surface area contributed by atoms with Gasteiger partial charge in [-0.1, -0.05) is 23.3 Å². The summed E-state index contributed by atoms with van der Waals surface area (Å²) in [6.07, 6.45) is 1.17. The highest BCUT2D eigenvalue weighted by Gasteiger charge is 2.23. The minimum absolute atomic E-state index is 0.169. The van der Waals surface area contributed by atoms with Gasteiger partial charge < -0.3 is 19.0 Å². The second-order valence-electron chi connectivity index (χ2n) is 5.78. The number of methoxy groups -OCH3 is 1. The van der Waals surface area contributed by atoms with Crippen molar-refractivity contribution in [2.45, 2.75) is 19.8 Å². The number of rotatable bonds is 5. The standard InChI is InChI=1S/C17H22N4O3/c1-13-18-19-17(24-13)21-11-9-20(10-12-21)16(22)8-7-14-5-3-4-6-15(14)23-2/h3-6H,7-12H2,1-2H3. The average Bonchev–Trinajstić information content (AvgIpc) is 3.06. The normalized spacial score (nSPS) is 14.8. The van der Waals surface area contributed by atoms with Crippen LogP contribution in [0.1, 0.15) is 17.9 Å². The maximum absolute atomic E-state index is 12.4. The number of aromatic nitrogens is 2. The summed E-state index contributed by atoms with van der Waals surface area (Å²) in [6, 6.07) is 8.36. The maximum atomic E-state index is 12.4. The molecule has 0 N–H and O–H groups in total. The molecule has 0 atom stereocenters. The zero-order valence-electron chi connectivity index (χ0n) is 14.1. The Morgan fingerprint density at radius 3 is 2.62 bits per heavy atom. The lowest BCUT2D eigenvalue weighted by molar-refractivity contribution is -0.131. The van der Waals surface area contributed by atoms with E-state index in [9.17, 15) is 4.79 Å². The number of nitrogens with zero attached hydrogens (tertiary/aromatic N) is 4. The summed E-state index contributed by atoms with van der Waals surface area (Å²) < 4.78 is 10.8. The Bertz CT molecular complexity index is 693. The van der Waals surface area contributed by atoms with Crippen LogP contribution in [0.25, 0.3) is 0 Å². The van der Waals surface area contributed by atoms with Crippen molar-refractivity contribution in [2.75, 3.05) is 38.2 Å². The summed E-state index contributed by atoms with van der Waals surface area (Å²) in [5, 5.41) is 7.87. The second kappa shape index (κ2) is 7.33. The largest absolute Gasteiger partial charge is 0.496 e. The van der Waals surface area contributed by atoms with E-state index in [0.29, 0.717) is 50.9 Å². The van der Waals surface area contributed by atoms with E-state index in [1.54, 1.807) is 14.0 Å². The van der Waals surface area contributed by atoms with Gasteiger partial charge in [-0.25, -0.2) is 0 Å². The van der Waals surface area contributed by atoms with Gasteiger partial charge in [0.15, 0.2) is 0 Å². The smallest absolute Gasteiger partial charge is 0.318 e. The van der Waals surface area contributed by atoms with Crippen LogP contribution in [0, 0.1) is 6.92 Å². The SMILES string of the molecule is COc1ccccc1CCC(=O)N1CCN(c2nnc(C)o2)CC1. The molecule has 2 aromatic rings. The minimum Gasteiger partial charge on any atom is -0.496 e. The Labute approximate surface area is 141 Å². The minimum atomic E-state index is 0.169. The summed E-state index contributed by atoms with van der Waals surface area (Å²) in [5.41, 5.74) is 1.06. The molecular weight excluding hydrogens is 308 g/mol. The lowest BCUT2D eigenvalue weighted by Gasteiger charge is -2.33. The first-order valence-electron chi connectivity index (χ1n) is 8.12. The van der Waals surface area contributed by atoms with Crippen LogP contribution in [-0.4, -0.2) is 54.3 Å². The molecule has 1 aromatic heterocycles. The van der Waals surface area contributed by atoms with E-state index in [1.807, 2.05) is 34.1 Å². The predicted molar refractivity (Wildman–Crippen MR) is 89.1 cm³/mol. The Hall–Kier alpha value is -2.57. The molecule has 7 nitrogen and oxygen atoms in total. The second-order valence-corrected chi connectivity index (χ2v) is 5.78. The third kappa shape index (κ3) is 3.67. The van der Waals surface area contributed by atoms with Gasteiger partial charge in [0.2, 0.25) is 11.8 Å². The van der Waals surface area contributed by atoms with Gasteiger partial charge in [0, 0.05) is 39.5 Å². The van der Waals surface area contributed by atoms with Crippen LogP contribution in [0.15, 0.2) is 28.7 Å². The zero-order valence-corrected chi connectivity index (χ0v) is 14.1. The highest BCUT2D eigenvalue weighted by molar-refractivity contribution is 5.76. The topological polar surface area (TPSA) is 71.7 Å². The number of amides is 1. The molecular formula is C17H22N4O3. The van der Waals surface area contributed by atoms with E-state index < -0.39 is 0 Å². The number of carbonyl (C=O) groups excluding carboxylic acids is 1. The molecule has 24 heavy (non-hydrogen) atoms. The number of hydrogen-bond donors (Lipinski definition) is 0. The number of piperazine rings is 1. The molecule has 0 aliphatic carbocycles. The van der Waals surface area contributed by atoms with E-state index in [0.717, 1.165) is 11.3 Å². The van der Waals surface area contributed by atoms with Gasteiger partial charge in [-0.15, -0.1) is 5.10 Å². The molecule has 0 spiro atoms. The van der Waals surface area contributed by atoms with E-state index in [4.69, 9.17) is 9.15 Å². The number of hydrogen-bond acceptors (Lipinski definition) is 6. The molecule has 1 aliphatic heterocycles. The van der Waals surface area contributed by atoms with Gasteiger partial charge in [-0.05, 0) is 18.1 Å². The fourth-order valence-corrected chi connectivity index (χ4v) is 2.87. The number of anilines is 1. The first kappa shape index (κ1) is 16.3. The van der Waals surface area contributed by atoms with Gasteiger partial charge in [-0.2, -0.15) is 0 Å². The summed E-state index contributed by atoms with van der Waals surface area (Å²) in [5.74, 6) is 1.56. The lowest BCUT2D eigenvalue weighted by Crippen LogP contribution is -2.49. The zero-order chi connectivity index (χ0) is 16.9. The molecule has 1 aliphatic rings. The molecule has 0 bridgehead atoms. The molecule has 0 saturated carbocycles. The number of para-hydroxylation sites is 1. The van der Waals surface area contributed by atoms with Gasteiger partial charge in [0.05, 0.1) is 7.11 Å². The molecule has 3 rings (SSSR count). The molecule has 128 valence electrons. The van der Waals surface area contributed by atoms with Crippen LogP contribution in [0.4, 0.5) is 6.01 Å². The molecule has 2 heterocycles. The van der Waals surface area contributed by atoms with Crippen LogP contribution in [0.3, 0.4) is 0 Å². The van der Waals surface area contributed by atoms with Gasteiger partial charge in [0.25, 0.3) is 0 Å². The van der Waals surface area contributed by atoms with Crippen LogP contribution in [0.5, 0.6) is 5.75 Å². The van der Waals surface area contributed by atoms with Crippen molar-refractivity contribution in [1.29, 1.82) is 0 Å². The molecule has 1 saturated heterocycles. The number of aryl methyl sites for hydroxylation is 2. The first-order valence-corrected chi connectivity index (χ1v) is 8.12. The van der Waals surface area contributed by atoms with Gasteiger partial charge >= 0.3 is 6.01 Å². The van der Waals surface area contributed by atoms with Crippen LogP contribution < -0.4 is 9.64 Å². The first-order chi connectivity index (χ1) is 11.7. The van der Waals surface area contributed by atoms with Crippen molar-refractivity contribution in [1.82, 2.24) is 15.1 Å². The number of benzene rings is 1. The van der Waals surface area contributed by atoms with E-state index in [2.05, 4.69) is 10.2 Å². The summed E-state index contributed by atoms with van der Waals surface area (Å²) in [6.45, 7) is 4.54. The van der Waals surface area contributed by atoms with Crippen molar-refractivity contribution >= 4 is 11.9 Å². The average molecular weight is 330 g/mol. The van der Waals surface area contributed by atoms with Crippen LogP contribution >= 0.6 is 0 Å². The van der Waals surface area contributed by atoms with Gasteiger partial charge in [0.1, 0.15) is 5.75 Å². The van der Waals surface area contributed by atoms with E-state index in [-0.39, 0.29) is 5.91 Å². The highest BCUT2D eigenvalue weighted by atomic mass is 16.5. The third-order valence-corrected chi connectivity index (χ3v) is 4.22. The van der Waals surface area contributed by atoms with Crippen molar-refractivity contribution in [3.05, 3.63) is 35.7 Å². The lowest BCUT2D eigenvalue weighted by atomic mass is 10.1. The molecule has 1 aromatic carbocycles. The summed E-state index contributed by atoms with van der Waals surface area (Å²) >= 11 is 0. The Balaban J connectivity index is 1.50. The van der Waals surface area contributed by atoms with Crippen LogP contribution in [0.2, 0.25) is 0 Å². The maximum Gasteiger partial charge on any atom is 0.318 e. The number of ether oxygens (including phenoxy) is 1. The molecule has 1 amide bonds.